The van der Waals surface area contributed by atoms with E-state index in [-0.39, 0.29) is 12.2 Å². The summed E-state index contributed by atoms with van der Waals surface area (Å²) >= 11 is 0. The Morgan fingerprint density at radius 3 is 2.74 bits per heavy atom. The maximum atomic E-state index is 12.3. The van der Waals surface area contributed by atoms with Gasteiger partial charge in [0.05, 0.1) is 5.56 Å². The van der Waals surface area contributed by atoms with Crippen molar-refractivity contribution in [2.24, 2.45) is 18.9 Å². The lowest BCUT2D eigenvalue weighted by atomic mass is 10.2. The minimum atomic E-state index is -0.378. The predicted octanol–water partition coefficient (Wildman–Crippen LogP) is 2.38. The third kappa shape index (κ3) is 4.15. The van der Waals surface area contributed by atoms with Crippen molar-refractivity contribution in [2.45, 2.75) is 38.1 Å². The number of carbonyl (C=O) groups is 1. The van der Waals surface area contributed by atoms with Gasteiger partial charge in [-0.1, -0.05) is 18.2 Å². The Morgan fingerprint density at radius 1 is 1.18 bits per heavy atom. The van der Waals surface area contributed by atoms with Crippen LogP contribution in [0.5, 0.6) is 0 Å². The molecule has 2 N–H and O–H groups in total. The van der Waals surface area contributed by atoms with Gasteiger partial charge in [-0.05, 0) is 36.3 Å². The van der Waals surface area contributed by atoms with E-state index in [2.05, 4.69) is 67.7 Å². The van der Waals surface area contributed by atoms with Crippen LogP contribution in [-0.4, -0.2) is 52.5 Å². The zero-order valence-corrected chi connectivity index (χ0v) is 19.3. The smallest absolute Gasteiger partial charge is 0.278 e. The van der Waals surface area contributed by atoms with Crippen molar-refractivity contribution in [2.75, 3.05) is 24.6 Å². The molecular weight excluding hydrogens is 432 g/mol. The molecule has 178 valence electrons. The van der Waals surface area contributed by atoms with Crippen LogP contribution in [0.3, 0.4) is 0 Å². The van der Waals surface area contributed by atoms with Gasteiger partial charge in [0.2, 0.25) is 5.95 Å². The van der Waals surface area contributed by atoms with E-state index >= 15 is 0 Å². The van der Waals surface area contributed by atoms with Crippen LogP contribution < -0.4 is 15.7 Å². The second kappa shape index (κ2) is 8.98. The molecule has 3 aliphatic rings. The van der Waals surface area contributed by atoms with Gasteiger partial charge in [0.15, 0.2) is 6.29 Å². The number of nitrogens with zero attached hydrogens (tertiary/aromatic N) is 4. The van der Waals surface area contributed by atoms with Gasteiger partial charge in [-0.15, -0.1) is 0 Å². The second-order valence-electron chi connectivity index (χ2n) is 9.54. The fraction of sp³-hybridized carbons (Fsp3) is 0.480. The molecule has 2 aromatic heterocycles. The summed E-state index contributed by atoms with van der Waals surface area (Å²) in [6.45, 7) is 3.42. The summed E-state index contributed by atoms with van der Waals surface area (Å²) in [5.41, 5.74) is 5.44. The fourth-order valence-electron chi connectivity index (χ4n) is 5.37. The van der Waals surface area contributed by atoms with E-state index in [1.807, 2.05) is 0 Å². The van der Waals surface area contributed by atoms with Crippen molar-refractivity contribution in [3.8, 4) is 0 Å². The average Bonchev–Trinajstić information content (AvgIpc) is 3.18. The van der Waals surface area contributed by atoms with Crippen LogP contribution in [0.4, 0.5) is 5.95 Å². The standard InChI is InChI=1S/C25H30N6O3/c1-30-13-17(18-6-2-3-7-21(18)30)12-26-23-19-14-31(15-20(19)23)25-27-10-16(11-28-25)24(32)29-34-22-8-4-5-9-33-22/h2-3,6-7,10-11,13,19-20,22-23,26H,4-5,8-9,12,14-15H2,1H3,(H,29,32). The zero-order valence-electron chi connectivity index (χ0n) is 19.3. The molecule has 3 atom stereocenters. The quantitative estimate of drug-likeness (QED) is 0.521. The van der Waals surface area contributed by atoms with Crippen molar-refractivity contribution >= 4 is 22.8 Å². The maximum absolute atomic E-state index is 12.3. The van der Waals surface area contributed by atoms with Gasteiger partial charge in [0.1, 0.15) is 0 Å². The van der Waals surface area contributed by atoms with Crippen LogP contribution in [0.1, 0.15) is 35.2 Å². The van der Waals surface area contributed by atoms with E-state index in [1.54, 1.807) is 12.4 Å². The van der Waals surface area contributed by atoms with Crippen molar-refractivity contribution in [3.63, 3.8) is 0 Å². The number of aryl methyl sites for hydroxylation is 1. The molecule has 2 saturated heterocycles. The summed E-state index contributed by atoms with van der Waals surface area (Å²) in [6, 6.07) is 9.08. The summed E-state index contributed by atoms with van der Waals surface area (Å²) in [5, 5.41) is 5.08. The lowest BCUT2D eigenvalue weighted by Crippen LogP contribution is -2.34. The van der Waals surface area contributed by atoms with Crippen molar-refractivity contribution in [1.29, 1.82) is 0 Å². The monoisotopic (exact) mass is 462 g/mol. The maximum Gasteiger partial charge on any atom is 0.278 e. The molecule has 4 heterocycles. The highest BCUT2D eigenvalue weighted by Crippen LogP contribution is 2.46. The van der Waals surface area contributed by atoms with Gasteiger partial charge in [0.25, 0.3) is 5.91 Å². The fourth-order valence-corrected chi connectivity index (χ4v) is 5.37. The molecule has 1 aliphatic carbocycles. The first-order valence-electron chi connectivity index (χ1n) is 12.1. The number of rotatable bonds is 7. The van der Waals surface area contributed by atoms with E-state index in [1.165, 1.54) is 16.5 Å². The first kappa shape index (κ1) is 21.5. The van der Waals surface area contributed by atoms with Crippen LogP contribution >= 0.6 is 0 Å². The third-order valence-corrected chi connectivity index (χ3v) is 7.31. The molecule has 3 unspecified atom stereocenters. The molecule has 1 saturated carbocycles. The summed E-state index contributed by atoms with van der Waals surface area (Å²) in [6.07, 6.45) is 7.81. The molecule has 3 fully saturated rings. The second-order valence-corrected chi connectivity index (χ2v) is 9.54. The number of ether oxygens (including phenoxy) is 1. The van der Waals surface area contributed by atoms with E-state index in [4.69, 9.17) is 9.57 Å². The molecule has 1 amide bonds. The highest BCUT2D eigenvalue weighted by molar-refractivity contribution is 5.92. The van der Waals surface area contributed by atoms with Crippen LogP contribution in [-0.2, 0) is 23.2 Å². The number of piperidine rings is 1. The molecule has 3 aromatic rings. The zero-order chi connectivity index (χ0) is 23.1. The molecule has 9 heteroatoms. The minimum absolute atomic E-state index is 0.359. The summed E-state index contributed by atoms with van der Waals surface area (Å²) < 4.78 is 7.65. The number of hydroxylamine groups is 1. The van der Waals surface area contributed by atoms with Crippen molar-refractivity contribution in [1.82, 2.24) is 25.3 Å². The normalized spacial score (nSPS) is 26.0. The number of aromatic nitrogens is 3. The Hall–Kier alpha value is -3.01. The van der Waals surface area contributed by atoms with Gasteiger partial charge in [-0.2, -0.15) is 0 Å². The average molecular weight is 463 g/mol. The molecule has 0 spiro atoms. The Bertz CT molecular complexity index is 1160. The highest BCUT2D eigenvalue weighted by atomic mass is 16.8. The number of amides is 1. The van der Waals surface area contributed by atoms with Crippen molar-refractivity contribution < 1.29 is 14.4 Å². The van der Waals surface area contributed by atoms with E-state index in [0.29, 0.717) is 36.0 Å². The highest BCUT2D eigenvalue weighted by Gasteiger charge is 2.55. The largest absolute Gasteiger partial charge is 0.350 e. The minimum Gasteiger partial charge on any atom is -0.350 e. The molecule has 9 nitrogen and oxygen atoms in total. The number of carbonyl (C=O) groups excluding carboxylic acids is 1. The van der Waals surface area contributed by atoms with E-state index in [9.17, 15) is 4.79 Å². The van der Waals surface area contributed by atoms with Crippen molar-refractivity contribution in [3.05, 3.63) is 54.0 Å². The molecule has 2 aliphatic heterocycles. The topological polar surface area (TPSA) is 93.5 Å². The third-order valence-electron chi connectivity index (χ3n) is 7.31. The SMILES string of the molecule is Cn1cc(CNC2C3CN(c4ncc(C(=O)NOC5CCCCO5)cn4)CC32)c2ccccc21. The van der Waals surface area contributed by atoms with Crippen LogP contribution in [0.2, 0.25) is 0 Å². The van der Waals surface area contributed by atoms with Gasteiger partial charge in [-0.3, -0.25) is 4.79 Å². The van der Waals surface area contributed by atoms with E-state index in [0.717, 1.165) is 38.9 Å². The summed E-state index contributed by atoms with van der Waals surface area (Å²) in [7, 11) is 2.10. The molecule has 1 aromatic carbocycles. The van der Waals surface area contributed by atoms with Crippen LogP contribution in [0.25, 0.3) is 10.9 Å². The number of nitrogens with one attached hydrogen (secondary N) is 2. The lowest BCUT2D eigenvalue weighted by Gasteiger charge is -2.22. The number of fused-ring (bicyclic) bond motifs is 2. The summed E-state index contributed by atoms with van der Waals surface area (Å²) in [5.74, 6) is 1.55. The first-order chi connectivity index (χ1) is 16.7. The Morgan fingerprint density at radius 2 is 1.97 bits per heavy atom. The van der Waals surface area contributed by atoms with Gasteiger partial charge in [0, 0.05) is 75.2 Å². The number of benzene rings is 1. The van der Waals surface area contributed by atoms with Crippen LogP contribution in [0, 0.1) is 11.8 Å². The number of hydrogen-bond acceptors (Lipinski definition) is 7. The Labute approximate surface area is 198 Å². The van der Waals surface area contributed by atoms with Gasteiger partial charge < -0.3 is 19.5 Å². The Balaban J connectivity index is 0.988. The predicted molar refractivity (Wildman–Crippen MR) is 127 cm³/mol. The molecule has 0 radical (unpaired) electrons. The molecule has 34 heavy (non-hydrogen) atoms. The molecular formula is C25H30N6O3. The lowest BCUT2D eigenvalue weighted by molar-refractivity contribution is -0.186. The first-order valence-corrected chi connectivity index (χ1v) is 12.1. The number of anilines is 1. The van der Waals surface area contributed by atoms with Gasteiger partial charge in [-0.25, -0.2) is 20.3 Å². The number of hydrogen-bond donors (Lipinski definition) is 2. The number of para-hydroxylation sites is 1. The van der Waals surface area contributed by atoms with Gasteiger partial charge >= 0.3 is 0 Å². The van der Waals surface area contributed by atoms with E-state index < -0.39 is 0 Å². The summed E-state index contributed by atoms with van der Waals surface area (Å²) in [4.78, 5) is 28.7. The molecule has 6 rings (SSSR count). The molecule has 0 bridgehead atoms. The van der Waals surface area contributed by atoms with Crippen LogP contribution in [0.15, 0.2) is 42.9 Å². The Kier molecular flexibility index (Phi) is 5.68.